The second-order valence-corrected chi connectivity index (χ2v) is 6.12. The zero-order valence-corrected chi connectivity index (χ0v) is 14.9. The van der Waals surface area contributed by atoms with Crippen molar-refractivity contribution in [2.24, 2.45) is 0 Å². The van der Waals surface area contributed by atoms with Crippen LogP contribution in [0, 0.1) is 0 Å². The summed E-state index contributed by atoms with van der Waals surface area (Å²) in [5.74, 6) is 0.259. The molecule has 0 aliphatic heterocycles. The molecule has 0 radical (unpaired) electrons. The van der Waals surface area contributed by atoms with Gasteiger partial charge in [0.15, 0.2) is 6.10 Å². The SMILES string of the molecule is CC(Oc1ccc(Cl)cc1Cl)C(=O)NCCCNc1ccccc1. The number of hydrogen-bond donors (Lipinski definition) is 2. The third-order valence-corrected chi connectivity index (χ3v) is 3.85. The fourth-order valence-corrected chi connectivity index (χ4v) is 2.50. The standard InChI is InChI=1S/C18H20Cl2N2O2/c1-13(24-17-9-8-14(19)12-16(17)20)18(23)22-11-5-10-21-15-6-3-2-4-7-15/h2-4,6-9,12-13,21H,5,10-11H2,1H3,(H,22,23). The molecule has 0 heterocycles. The molecule has 6 heteroatoms. The Labute approximate surface area is 152 Å². The van der Waals surface area contributed by atoms with E-state index >= 15 is 0 Å². The Morgan fingerprint density at radius 3 is 2.58 bits per heavy atom. The van der Waals surface area contributed by atoms with Gasteiger partial charge in [-0.05, 0) is 43.7 Å². The van der Waals surface area contributed by atoms with E-state index in [1.165, 1.54) is 0 Å². The topological polar surface area (TPSA) is 50.4 Å². The first-order valence-electron chi connectivity index (χ1n) is 7.74. The van der Waals surface area contributed by atoms with Crippen LogP contribution in [0.5, 0.6) is 5.75 Å². The number of anilines is 1. The summed E-state index contributed by atoms with van der Waals surface area (Å²) >= 11 is 11.9. The van der Waals surface area contributed by atoms with E-state index < -0.39 is 6.10 Å². The van der Waals surface area contributed by atoms with E-state index in [1.54, 1.807) is 25.1 Å². The van der Waals surface area contributed by atoms with Crippen LogP contribution in [0.1, 0.15) is 13.3 Å². The monoisotopic (exact) mass is 366 g/mol. The van der Waals surface area contributed by atoms with Crippen LogP contribution in [0.2, 0.25) is 10.0 Å². The maximum absolute atomic E-state index is 12.0. The molecule has 2 aromatic rings. The van der Waals surface area contributed by atoms with Crippen molar-refractivity contribution in [2.45, 2.75) is 19.4 Å². The maximum Gasteiger partial charge on any atom is 0.260 e. The highest BCUT2D eigenvalue weighted by Gasteiger charge is 2.15. The summed E-state index contributed by atoms with van der Waals surface area (Å²) in [6.45, 7) is 3.03. The molecule has 1 atom stereocenters. The minimum atomic E-state index is -0.634. The highest BCUT2D eigenvalue weighted by molar-refractivity contribution is 6.35. The van der Waals surface area contributed by atoms with Crippen molar-refractivity contribution in [2.75, 3.05) is 18.4 Å². The second kappa shape index (κ2) is 9.40. The number of amides is 1. The predicted molar refractivity (Wildman–Crippen MR) is 99.1 cm³/mol. The Bertz CT molecular complexity index is 665. The van der Waals surface area contributed by atoms with E-state index in [0.717, 1.165) is 18.7 Å². The lowest BCUT2D eigenvalue weighted by molar-refractivity contribution is -0.127. The van der Waals surface area contributed by atoms with Crippen molar-refractivity contribution in [3.8, 4) is 5.75 Å². The predicted octanol–water partition coefficient (Wildman–Crippen LogP) is 4.38. The van der Waals surface area contributed by atoms with Crippen LogP contribution in [0.25, 0.3) is 0 Å². The molecule has 0 bridgehead atoms. The zero-order valence-electron chi connectivity index (χ0n) is 13.4. The average molecular weight is 367 g/mol. The van der Waals surface area contributed by atoms with Gasteiger partial charge < -0.3 is 15.4 Å². The van der Waals surface area contributed by atoms with Crippen molar-refractivity contribution in [3.05, 3.63) is 58.6 Å². The Balaban J connectivity index is 1.68. The average Bonchev–Trinajstić information content (AvgIpc) is 2.57. The largest absolute Gasteiger partial charge is 0.479 e. The van der Waals surface area contributed by atoms with Crippen molar-refractivity contribution in [1.82, 2.24) is 5.32 Å². The van der Waals surface area contributed by atoms with E-state index in [2.05, 4.69) is 10.6 Å². The van der Waals surface area contributed by atoms with Crippen molar-refractivity contribution < 1.29 is 9.53 Å². The number of halogens is 2. The van der Waals surface area contributed by atoms with Crippen LogP contribution in [-0.4, -0.2) is 25.1 Å². The summed E-state index contributed by atoms with van der Waals surface area (Å²) in [6.07, 6.45) is 0.181. The van der Waals surface area contributed by atoms with Crippen LogP contribution in [0.3, 0.4) is 0 Å². The summed E-state index contributed by atoms with van der Waals surface area (Å²) in [4.78, 5) is 12.0. The highest BCUT2D eigenvalue weighted by Crippen LogP contribution is 2.28. The molecule has 2 aromatic carbocycles. The third kappa shape index (κ3) is 5.95. The quantitative estimate of drug-likeness (QED) is 0.681. The molecule has 0 fully saturated rings. The van der Waals surface area contributed by atoms with Gasteiger partial charge in [0, 0.05) is 23.8 Å². The Kier molecular flexibility index (Phi) is 7.22. The van der Waals surface area contributed by atoms with Crippen LogP contribution < -0.4 is 15.4 Å². The molecule has 128 valence electrons. The Morgan fingerprint density at radius 2 is 1.88 bits per heavy atom. The summed E-state index contributed by atoms with van der Waals surface area (Å²) in [6, 6.07) is 14.8. The molecular weight excluding hydrogens is 347 g/mol. The maximum atomic E-state index is 12.0. The second-order valence-electron chi connectivity index (χ2n) is 5.27. The molecule has 0 saturated heterocycles. The van der Waals surface area contributed by atoms with Crippen LogP contribution in [0.4, 0.5) is 5.69 Å². The first-order valence-corrected chi connectivity index (χ1v) is 8.50. The molecule has 24 heavy (non-hydrogen) atoms. The number of para-hydroxylation sites is 1. The van der Waals surface area contributed by atoms with Gasteiger partial charge in [0.1, 0.15) is 5.75 Å². The minimum Gasteiger partial charge on any atom is -0.479 e. The first-order chi connectivity index (χ1) is 11.6. The number of benzene rings is 2. The summed E-state index contributed by atoms with van der Waals surface area (Å²) in [5.41, 5.74) is 1.07. The molecule has 0 aromatic heterocycles. The smallest absolute Gasteiger partial charge is 0.260 e. The van der Waals surface area contributed by atoms with E-state index in [-0.39, 0.29) is 5.91 Å². The number of carbonyl (C=O) groups excluding carboxylic acids is 1. The van der Waals surface area contributed by atoms with Gasteiger partial charge in [0.25, 0.3) is 5.91 Å². The van der Waals surface area contributed by atoms with Gasteiger partial charge in [-0.2, -0.15) is 0 Å². The minimum absolute atomic E-state index is 0.180. The van der Waals surface area contributed by atoms with Crippen molar-refractivity contribution in [1.29, 1.82) is 0 Å². The van der Waals surface area contributed by atoms with E-state index in [1.807, 2.05) is 30.3 Å². The van der Waals surface area contributed by atoms with Gasteiger partial charge in [0.2, 0.25) is 0 Å². The molecule has 4 nitrogen and oxygen atoms in total. The molecular formula is C18H20Cl2N2O2. The van der Waals surface area contributed by atoms with Gasteiger partial charge >= 0.3 is 0 Å². The summed E-state index contributed by atoms with van der Waals surface area (Å²) in [5, 5.41) is 7.04. The van der Waals surface area contributed by atoms with Crippen molar-refractivity contribution in [3.63, 3.8) is 0 Å². The molecule has 1 unspecified atom stereocenters. The lowest BCUT2D eigenvalue weighted by Crippen LogP contribution is -2.37. The zero-order chi connectivity index (χ0) is 17.4. The van der Waals surface area contributed by atoms with E-state index in [4.69, 9.17) is 27.9 Å². The third-order valence-electron chi connectivity index (χ3n) is 3.32. The van der Waals surface area contributed by atoms with Gasteiger partial charge in [-0.1, -0.05) is 41.4 Å². The molecule has 0 aliphatic rings. The number of nitrogens with one attached hydrogen (secondary N) is 2. The van der Waals surface area contributed by atoms with Crippen LogP contribution in [0.15, 0.2) is 48.5 Å². The van der Waals surface area contributed by atoms with Crippen LogP contribution in [-0.2, 0) is 4.79 Å². The van der Waals surface area contributed by atoms with Gasteiger partial charge in [-0.25, -0.2) is 0 Å². The van der Waals surface area contributed by atoms with Crippen LogP contribution >= 0.6 is 23.2 Å². The lowest BCUT2D eigenvalue weighted by atomic mass is 10.3. The number of hydrogen-bond acceptors (Lipinski definition) is 3. The molecule has 2 rings (SSSR count). The highest BCUT2D eigenvalue weighted by atomic mass is 35.5. The molecule has 2 N–H and O–H groups in total. The molecule has 0 saturated carbocycles. The number of rotatable bonds is 8. The lowest BCUT2D eigenvalue weighted by Gasteiger charge is -2.16. The van der Waals surface area contributed by atoms with E-state index in [0.29, 0.717) is 22.3 Å². The number of carbonyl (C=O) groups is 1. The normalized spacial score (nSPS) is 11.6. The van der Waals surface area contributed by atoms with E-state index in [9.17, 15) is 4.79 Å². The molecule has 0 aliphatic carbocycles. The van der Waals surface area contributed by atoms with Gasteiger partial charge in [0.05, 0.1) is 5.02 Å². The Hall–Kier alpha value is -1.91. The van der Waals surface area contributed by atoms with Gasteiger partial charge in [-0.15, -0.1) is 0 Å². The molecule has 0 spiro atoms. The first kappa shape index (κ1) is 18.4. The Morgan fingerprint density at radius 1 is 1.12 bits per heavy atom. The van der Waals surface area contributed by atoms with Crippen molar-refractivity contribution >= 4 is 34.8 Å². The molecule has 1 amide bonds. The fraction of sp³-hybridized carbons (Fsp3) is 0.278. The van der Waals surface area contributed by atoms with Gasteiger partial charge in [-0.3, -0.25) is 4.79 Å². The number of ether oxygens (including phenoxy) is 1. The summed E-state index contributed by atoms with van der Waals surface area (Å²) in [7, 11) is 0. The summed E-state index contributed by atoms with van der Waals surface area (Å²) < 4.78 is 5.57. The fourth-order valence-electron chi connectivity index (χ4n) is 2.05.